The van der Waals surface area contributed by atoms with Crippen molar-refractivity contribution in [3.63, 3.8) is 0 Å². The SMILES string of the molecule is CCOc1ccc(S(=O)(=O)N2CCC(C3CCC3)C2)c(F)c1. The molecule has 1 aliphatic heterocycles. The summed E-state index contributed by atoms with van der Waals surface area (Å²) in [6.07, 6.45) is 4.55. The average molecular weight is 327 g/mol. The molecule has 1 heterocycles. The van der Waals surface area contributed by atoms with Crippen molar-refractivity contribution in [2.45, 2.75) is 37.5 Å². The highest BCUT2D eigenvalue weighted by atomic mass is 32.2. The molecular weight excluding hydrogens is 305 g/mol. The van der Waals surface area contributed by atoms with Gasteiger partial charge in [-0.2, -0.15) is 4.31 Å². The molecule has 0 spiro atoms. The Bertz CT molecular complexity index is 643. The molecule has 122 valence electrons. The zero-order valence-corrected chi connectivity index (χ0v) is 13.6. The minimum Gasteiger partial charge on any atom is -0.494 e. The lowest BCUT2D eigenvalue weighted by molar-refractivity contribution is 0.214. The average Bonchev–Trinajstić information content (AvgIpc) is 2.87. The van der Waals surface area contributed by atoms with Crippen molar-refractivity contribution in [1.29, 1.82) is 0 Å². The zero-order chi connectivity index (χ0) is 15.7. The quantitative estimate of drug-likeness (QED) is 0.835. The van der Waals surface area contributed by atoms with Crippen molar-refractivity contribution in [3.8, 4) is 5.75 Å². The Labute approximate surface area is 131 Å². The van der Waals surface area contributed by atoms with Crippen molar-refractivity contribution >= 4 is 10.0 Å². The van der Waals surface area contributed by atoms with E-state index in [-0.39, 0.29) is 4.90 Å². The molecule has 4 nitrogen and oxygen atoms in total. The molecule has 1 aliphatic carbocycles. The molecule has 2 aliphatic rings. The monoisotopic (exact) mass is 327 g/mol. The molecule has 1 aromatic carbocycles. The second kappa shape index (κ2) is 6.16. The Morgan fingerprint density at radius 2 is 2.05 bits per heavy atom. The summed E-state index contributed by atoms with van der Waals surface area (Å²) in [7, 11) is -3.75. The molecule has 1 aromatic rings. The van der Waals surface area contributed by atoms with Crippen molar-refractivity contribution in [3.05, 3.63) is 24.0 Å². The summed E-state index contributed by atoms with van der Waals surface area (Å²) in [5, 5.41) is 0. The van der Waals surface area contributed by atoms with Crippen molar-refractivity contribution < 1.29 is 17.5 Å². The van der Waals surface area contributed by atoms with Gasteiger partial charge in [0.1, 0.15) is 16.5 Å². The molecule has 0 amide bonds. The van der Waals surface area contributed by atoms with Crippen LogP contribution in [0, 0.1) is 17.7 Å². The Balaban J connectivity index is 1.78. The van der Waals surface area contributed by atoms with E-state index in [1.807, 2.05) is 0 Å². The second-order valence-electron chi connectivity index (χ2n) is 6.13. The number of benzene rings is 1. The zero-order valence-electron chi connectivity index (χ0n) is 12.8. The minimum absolute atomic E-state index is 0.245. The van der Waals surface area contributed by atoms with Gasteiger partial charge in [-0.05, 0) is 37.3 Å². The third-order valence-corrected chi connectivity index (χ3v) is 6.73. The summed E-state index contributed by atoms with van der Waals surface area (Å²) in [6.45, 7) is 3.24. The van der Waals surface area contributed by atoms with E-state index >= 15 is 0 Å². The topological polar surface area (TPSA) is 46.6 Å². The smallest absolute Gasteiger partial charge is 0.245 e. The highest BCUT2D eigenvalue weighted by Gasteiger charge is 2.38. The number of sulfonamides is 1. The molecular formula is C16H22FNO3S. The number of hydrogen-bond donors (Lipinski definition) is 0. The third-order valence-electron chi connectivity index (χ3n) is 4.84. The van der Waals surface area contributed by atoms with Crippen LogP contribution < -0.4 is 4.74 Å². The van der Waals surface area contributed by atoms with E-state index in [0.717, 1.165) is 12.5 Å². The fraction of sp³-hybridized carbons (Fsp3) is 0.625. The molecule has 0 aromatic heterocycles. The largest absolute Gasteiger partial charge is 0.494 e. The van der Waals surface area contributed by atoms with Gasteiger partial charge in [-0.3, -0.25) is 0 Å². The summed E-state index contributed by atoms with van der Waals surface area (Å²) in [4.78, 5) is -0.245. The lowest BCUT2D eigenvalue weighted by Crippen LogP contribution is -2.31. The maximum absolute atomic E-state index is 14.2. The maximum Gasteiger partial charge on any atom is 0.245 e. The van der Waals surface area contributed by atoms with Crippen molar-refractivity contribution in [2.75, 3.05) is 19.7 Å². The fourth-order valence-electron chi connectivity index (χ4n) is 3.35. The Hall–Kier alpha value is -1.14. The molecule has 1 unspecified atom stereocenters. The van der Waals surface area contributed by atoms with Crippen molar-refractivity contribution in [2.24, 2.45) is 11.8 Å². The molecule has 0 radical (unpaired) electrons. The first-order valence-electron chi connectivity index (χ1n) is 7.95. The predicted molar refractivity (Wildman–Crippen MR) is 81.8 cm³/mol. The predicted octanol–water partition coefficient (Wildman–Crippen LogP) is 3.04. The van der Waals surface area contributed by atoms with Crippen LogP contribution in [-0.4, -0.2) is 32.4 Å². The van der Waals surface area contributed by atoms with E-state index in [1.165, 1.54) is 35.7 Å². The lowest BCUT2D eigenvalue weighted by Gasteiger charge is -2.31. The molecule has 0 N–H and O–H groups in total. The van der Waals surface area contributed by atoms with Crippen LogP contribution in [0.4, 0.5) is 4.39 Å². The minimum atomic E-state index is -3.75. The molecule has 2 fully saturated rings. The molecule has 6 heteroatoms. The summed E-state index contributed by atoms with van der Waals surface area (Å²) < 4.78 is 46.1. The first-order valence-corrected chi connectivity index (χ1v) is 9.39. The van der Waals surface area contributed by atoms with Gasteiger partial charge in [0.25, 0.3) is 0 Å². The van der Waals surface area contributed by atoms with E-state index in [4.69, 9.17) is 4.74 Å². The number of nitrogens with zero attached hydrogens (tertiary/aromatic N) is 1. The second-order valence-corrected chi connectivity index (χ2v) is 8.03. The first kappa shape index (κ1) is 15.7. The van der Waals surface area contributed by atoms with Crippen LogP contribution in [0.2, 0.25) is 0 Å². The van der Waals surface area contributed by atoms with Gasteiger partial charge in [0, 0.05) is 19.2 Å². The van der Waals surface area contributed by atoms with Gasteiger partial charge in [-0.1, -0.05) is 19.3 Å². The molecule has 1 saturated heterocycles. The number of rotatable bonds is 5. The van der Waals surface area contributed by atoms with Crippen LogP contribution in [0.5, 0.6) is 5.75 Å². The van der Waals surface area contributed by atoms with Gasteiger partial charge < -0.3 is 4.74 Å². The van der Waals surface area contributed by atoms with Gasteiger partial charge in [-0.25, -0.2) is 12.8 Å². The van der Waals surface area contributed by atoms with E-state index in [2.05, 4.69) is 0 Å². The summed E-state index contributed by atoms with van der Waals surface area (Å²) >= 11 is 0. The van der Waals surface area contributed by atoms with Crippen LogP contribution in [0.1, 0.15) is 32.6 Å². The van der Waals surface area contributed by atoms with E-state index in [9.17, 15) is 12.8 Å². The van der Waals surface area contributed by atoms with Crippen LogP contribution in [-0.2, 0) is 10.0 Å². The lowest BCUT2D eigenvalue weighted by atomic mass is 9.75. The van der Waals surface area contributed by atoms with E-state index in [1.54, 1.807) is 6.92 Å². The van der Waals surface area contributed by atoms with Gasteiger partial charge in [0.05, 0.1) is 6.61 Å². The summed E-state index contributed by atoms with van der Waals surface area (Å²) in [6, 6.07) is 3.97. The Morgan fingerprint density at radius 3 is 2.64 bits per heavy atom. The number of halogens is 1. The third kappa shape index (κ3) is 2.86. The molecule has 22 heavy (non-hydrogen) atoms. The maximum atomic E-state index is 14.2. The number of hydrogen-bond acceptors (Lipinski definition) is 3. The normalized spacial score (nSPS) is 23.5. The first-order chi connectivity index (χ1) is 10.5. The highest BCUT2D eigenvalue weighted by Crippen LogP contribution is 2.39. The van der Waals surface area contributed by atoms with Crippen LogP contribution in [0.25, 0.3) is 0 Å². The Morgan fingerprint density at radius 1 is 1.27 bits per heavy atom. The highest BCUT2D eigenvalue weighted by molar-refractivity contribution is 7.89. The van der Waals surface area contributed by atoms with E-state index < -0.39 is 15.8 Å². The van der Waals surface area contributed by atoms with Gasteiger partial charge in [-0.15, -0.1) is 0 Å². The van der Waals surface area contributed by atoms with Gasteiger partial charge in [0.15, 0.2) is 0 Å². The van der Waals surface area contributed by atoms with Gasteiger partial charge in [0.2, 0.25) is 10.0 Å². The molecule has 3 rings (SSSR count). The van der Waals surface area contributed by atoms with Crippen LogP contribution in [0.3, 0.4) is 0 Å². The van der Waals surface area contributed by atoms with Gasteiger partial charge >= 0.3 is 0 Å². The standard InChI is InChI=1S/C16H22FNO3S/c1-2-21-14-6-7-16(15(17)10-14)22(19,20)18-9-8-13(11-18)12-4-3-5-12/h6-7,10,12-13H,2-5,8-9,11H2,1H3. The molecule has 0 bridgehead atoms. The number of ether oxygens (including phenoxy) is 1. The van der Waals surface area contributed by atoms with Crippen molar-refractivity contribution in [1.82, 2.24) is 4.31 Å². The Kier molecular flexibility index (Phi) is 4.41. The van der Waals surface area contributed by atoms with Crippen LogP contribution in [0.15, 0.2) is 23.1 Å². The molecule has 1 atom stereocenters. The van der Waals surface area contributed by atoms with E-state index in [0.29, 0.717) is 37.3 Å². The summed E-state index contributed by atoms with van der Waals surface area (Å²) in [5.41, 5.74) is 0. The fourth-order valence-corrected chi connectivity index (χ4v) is 4.91. The molecule has 1 saturated carbocycles. The summed E-state index contributed by atoms with van der Waals surface area (Å²) in [5.74, 6) is 0.713. The van der Waals surface area contributed by atoms with Crippen LogP contribution >= 0.6 is 0 Å².